The minimum atomic E-state index is -0.888. The lowest BCUT2D eigenvalue weighted by Gasteiger charge is -2.14. The molecular weight excluding hydrogens is 322 g/mol. The van der Waals surface area contributed by atoms with Crippen molar-refractivity contribution in [3.05, 3.63) is 22.5 Å². The SMILES string of the molecule is CCOC(=O)c1c(C)[nH]c(C(=O)[C@@H](C)OC(=O)CC2CCCC2)c1C. The molecule has 0 aromatic carbocycles. The molecule has 1 N–H and O–H groups in total. The number of H-pyrrole nitrogens is 1. The summed E-state index contributed by atoms with van der Waals surface area (Å²) in [4.78, 5) is 39.6. The van der Waals surface area contributed by atoms with E-state index in [-0.39, 0.29) is 18.4 Å². The van der Waals surface area contributed by atoms with Crippen LogP contribution in [0.15, 0.2) is 0 Å². The minimum Gasteiger partial charge on any atom is -0.462 e. The quantitative estimate of drug-likeness (QED) is 0.601. The Hall–Kier alpha value is -2.11. The largest absolute Gasteiger partial charge is 0.462 e. The number of hydrogen-bond donors (Lipinski definition) is 1. The number of aromatic nitrogens is 1. The molecule has 1 atom stereocenters. The van der Waals surface area contributed by atoms with Crippen LogP contribution in [0.5, 0.6) is 0 Å². The van der Waals surface area contributed by atoms with E-state index < -0.39 is 12.1 Å². The Labute approximate surface area is 148 Å². The Balaban J connectivity index is 2.05. The lowest BCUT2D eigenvalue weighted by atomic mass is 10.0. The highest BCUT2D eigenvalue weighted by atomic mass is 16.5. The predicted octanol–water partition coefficient (Wildman–Crippen LogP) is 3.50. The molecule has 1 saturated carbocycles. The number of rotatable bonds is 7. The van der Waals surface area contributed by atoms with Crippen molar-refractivity contribution in [2.45, 2.75) is 65.9 Å². The summed E-state index contributed by atoms with van der Waals surface area (Å²) in [7, 11) is 0. The molecule has 1 aromatic heterocycles. The molecule has 1 aromatic rings. The van der Waals surface area contributed by atoms with Crippen LogP contribution in [0.4, 0.5) is 0 Å². The topological polar surface area (TPSA) is 85.5 Å². The molecule has 1 fully saturated rings. The molecule has 2 rings (SSSR count). The number of aryl methyl sites for hydroxylation is 1. The van der Waals surface area contributed by atoms with Crippen LogP contribution < -0.4 is 0 Å². The second-order valence-electron chi connectivity index (χ2n) is 6.70. The number of aromatic amines is 1. The molecule has 0 aliphatic heterocycles. The maximum Gasteiger partial charge on any atom is 0.340 e. The summed E-state index contributed by atoms with van der Waals surface area (Å²) >= 11 is 0. The summed E-state index contributed by atoms with van der Waals surface area (Å²) in [5.74, 6) is -0.756. The van der Waals surface area contributed by atoms with Gasteiger partial charge in [-0.3, -0.25) is 9.59 Å². The van der Waals surface area contributed by atoms with Crippen molar-refractivity contribution in [1.82, 2.24) is 4.98 Å². The first-order valence-electron chi connectivity index (χ1n) is 8.95. The van der Waals surface area contributed by atoms with Crippen molar-refractivity contribution < 1.29 is 23.9 Å². The molecule has 0 saturated heterocycles. The third kappa shape index (κ3) is 4.50. The third-order valence-corrected chi connectivity index (χ3v) is 4.77. The van der Waals surface area contributed by atoms with E-state index in [1.807, 2.05) is 0 Å². The van der Waals surface area contributed by atoms with Crippen molar-refractivity contribution in [2.75, 3.05) is 6.61 Å². The van der Waals surface area contributed by atoms with Crippen molar-refractivity contribution in [3.8, 4) is 0 Å². The zero-order chi connectivity index (χ0) is 18.6. The molecule has 138 valence electrons. The molecule has 1 aliphatic rings. The second kappa shape index (κ2) is 8.32. The first-order valence-corrected chi connectivity index (χ1v) is 8.95. The van der Waals surface area contributed by atoms with Gasteiger partial charge >= 0.3 is 11.9 Å². The molecule has 6 heteroatoms. The molecule has 0 amide bonds. The first-order chi connectivity index (χ1) is 11.8. The Kier molecular flexibility index (Phi) is 6.39. The van der Waals surface area contributed by atoms with E-state index in [0.717, 1.165) is 25.7 Å². The number of carbonyl (C=O) groups is 3. The monoisotopic (exact) mass is 349 g/mol. The predicted molar refractivity (Wildman–Crippen MR) is 92.7 cm³/mol. The van der Waals surface area contributed by atoms with Gasteiger partial charge in [0.25, 0.3) is 0 Å². The molecule has 0 radical (unpaired) electrons. The van der Waals surface area contributed by atoms with Gasteiger partial charge in [0.15, 0.2) is 6.10 Å². The maximum absolute atomic E-state index is 12.6. The van der Waals surface area contributed by atoms with E-state index in [0.29, 0.717) is 34.9 Å². The number of carbonyl (C=O) groups excluding carboxylic acids is 3. The number of ketones is 1. The van der Waals surface area contributed by atoms with E-state index >= 15 is 0 Å². The van der Waals surface area contributed by atoms with Crippen molar-refractivity contribution in [1.29, 1.82) is 0 Å². The minimum absolute atomic E-state index is 0.265. The van der Waals surface area contributed by atoms with Gasteiger partial charge in [-0.25, -0.2) is 4.79 Å². The highest BCUT2D eigenvalue weighted by molar-refractivity contribution is 6.03. The summed E-state index contributed by atoms with van der Waals surface area (Å²) in [6.07, 6.45) is 3.90. The van der Waals surface area contributed by atoms with Gasteiger partial charge in [0.2, 0.25) is 5.78 Å². The van der Waals surface area contributed by atoms with E-state index in [4.69, 9.17) is 9.47 Å². The van der Waals surface area contributed by atoms with Crippen LogP contribution in [-0.4, -0.2) is 35.4 Å². The van der Waals surface area contributed by atoms with Crippen LogP contribution in [-0.2, 0) is 14.3 Å². The summed E-state index contributed by atoms with van der Waals surface area (Å²) in [6.45, 7) is 6.96. The number of nitrogens with one attached hydrogen (secondary N) is 1. The molecular formula is C19H27NO5. The fourth-order valence-corrected chi connectivity index (χ4v) is 3.46. The average molecular weight is 349 g/mol. The smallest absolute Gasteiger partial charge is 0.340 e. The summed E-state index contributed by atoms with van der Waals surface area (Å²) in [5.41, 5.74) is 1.76. The Morgan fingerprint density at radius 1 is 1.20 bits per heavy atom. The Morgan fingerprint density at radius 2 is 1.84 bits per heavy atom. The van der Waals surface area contributed by atoms with Gasteiger partial charge in [-0.1, -0.05) is 12.8 Å². The zero-order valence-electron chi connectivity index (χ0n) is 15.4. The first kappa shape index (κ1) is 19.2. The van der Waals surface area contributed by atoms with E-state index in [1.54, 1.807) is 27.7 Å². The fraction of sp³-hybridized carbons (Fsp3) is 0.632. The van der Waals surface area contributed by atoms with E-state index in [1.165, 1.54) is 0 Å². The van der Waals surface area contributed by atoms with Crippen LogP contribution in [0.25, 0.3) is 0 Å². The number of esters is 2. The van der Waals surface area contributed by atoms with Crippen molar-refractivity contribution >= 4 is 17.7 Å². The van der Waals surface area contributed by atoms with Gasteiger partial charge < -0.3 is 14.5 Å². The summed E-state index contributed by atoms with van der Waals surface area (Å²) < 4.78 is 10.3. The summed E-state index contributed by atoms with van der Waals surface area (Å²) in [5, 5.41) is 0. The zero-order valence-corrected chi connectivity index (χ0v) is 15.4. The van der Waals surface area contributed by atoms with Gasteiger partial charge in [-0.05, 0) is 52.0 Å². The number of Topliss-reactive ketones (excluding diaryl/α,β-unsaturated/α-hetero) is 1. The highest BCUT2D eigenvalue weighted by Gasteiger charge is 2.28. The third-order valence-electron chi connectivity index (χ3n) is 4.77. The van der Waals surface area contributed by atoms with Crippen LogP contribution in [0.3, 0.4) is 0 Å². The van der Waals surface area contributed by atoms with Gasteiger partial charge in [-0.15, -0.1) is 0 Å². The lowest BCUT2D eigenvalue weighted by molar-refractivity contribution is -0.147. The molecule has 1 aliphatic carbocycles. The molecule has 0 bridgehead atoms. The normalized spacial score (nSPS) is 15.8. The standard InChI is InChI=1S/C19H27NO5/c1-5-24-19(23)16-11(2)17(20-12(16)3)18(22)13(4)25-15(21)10-14-8-6-7-9-14/h13-14,20H,5-10H2,1-4H3/t13-/m1/s1. The number of hydrogen-bond acceptors (Lipinski definition) is 5. The van der Waals surface area contributed by atoms with Gasteiger partial charge in [0.1, 0.15) is 0 Å². The second-order valence-corrected chi connectivity index (χ2v) is 6.70. The van der Waals surface area contributed by atoms with Crippen LogP contribution in [0, 0.1) is 19.8 Å². The molecule has 0 unspecified atom stereocenters. The number of ether oxygens (including phenoxy) is 2. The maximum atomic E-state index is 12.6. The van der Waals surface area contributed by atoms with Crippen LogP contribution in [0.1, 0.15) is 78.1 Å². The van der Waals surface area contributed by atoms with E-state index in [2.05, 4.69) is 4.98 Å². The molecule has 6 nitrogen and oxygen atoms in total. The summed E-state index contributed by atoms with van der Waals surface area (Å²) in [6, 6.07) is 0. The van der Waals surface area contributed by atoms with Crippen molar-refractivity contribution in [3.63, 3.8) is 0 Å². The van der Waals surface area contributed by atoms with Crippen LogP contribution in [0.2, 0.25) is 0 Å². The van der Waals surface area contributed by atoms with Gasteiger partial charge in [0.05, 0.1) is 17.9 Å². The van der Waals surface area contributed by atoms with Gasteiger partial charge in [-0.2, -0.15) is 0 Å². The molecule has 0 spiro atoms. The van der Waals surface area contributed by atoms with Gasteiger partial charge in [0, 0.05) is 12.1 Å². The van der Waals surface area contributed by atoms with Crippen molar-refractivity contribution in [2.24, 2.45) is 5.92 Å². The average Bonchev–Trinajstić information content (AvgIpc) is 3.14. The Morgan fingerprint density at radius 3 is 2.44 bits per heavy atom. The molecule has 1 heterocycles. The van der Waals surface area contributed by atoms with Crippen LogP contribution >= 0.6 is 0 Å². The highest BCUT2D eigenvalue weighted by Crippen LogP contribution is 2.28. The fourth-order valence-electron chi connectivity index (χ4n) is 3.46. The molecule has 25 heavy (non-hydrogen) atoms. The lowest BCUT2D eigenvalue weighted by Crippen LogP contribution is -2.26. The Bertz CT molecular complexity index is 655. The van der Waals surface area contributed by atoms with E-state index in [9.17, 15) is 14.4 Å².